The smallest absolute Gasteiger partial charge is 0.133 e. The molecule has 0 saturated heterocycles. The lowest BCUT2D eigenvalue weighted by Crippen LogP contribution is -2.15. The highest BCUT2D eigenvalue weighted by Gasteiger charge is 2.11. The van der Waals surface area contributed by atoms with Gasteiger partial charge in [-0.1, -0.05) is 19.1 Å². The first-order valence-corrected chi connectivity index (χ1v) is 5.38. The van der Waals surface area contributed by atoms with E-state index in [1.807, 2.05) is 19.9 Å². The SMILES string of the molecule is CCCOc1cc(C)nc(C)c1C(N)=S. The molecule has 0 aliphatic rings. The molecule has 0 aromatic carbocycles. The molecule has 0 amide bonds. The third-order valence-corrected chi connectivity index (χ3v) is 2.20. The molecule has 0 aliphatic carbocycles. The first-order valence-electron chi connectivity index (χ1n) is 4.97. The van der Waals surface area contributed by atoms with Crippen LogP contribution in [0.5, 0.6) is 5.75 Å². The molecule has 0 saturated carbocycles. The standard InChI is InChI=1S/C11H16N2OS/c1-4-5-14-9-6-7(2)13-8(3)10(9)11(12)15/h6H,4-5H2,1-3H3,(H2,12,15). The zero-order valence-corrected chi connectivity index (χ0v) is 10.1. The molecular formula is C11H16N2OS. The van der Waals surface area contributed by atoms with E-state index in [9.17, 15) is 0 Å². The summed E-state index contributed by atoms with van der Waals surface area (Å²) in [5.74, 6) is 0.745. The van der Waals surface area contributed by atoms with Gasteiger partial charge in [0.25, 0.3) is 0 Å². The molecule has 0 bridgehead atoms. The molecule has 1 rings (SSSR count). The molecule has 4 heteroatoms. The Bertz CT molecular complexity index is 377. The minimum Gasteiger partial charge on any atom is -0.493 e. The van der Waals surface area contributed by atoms with Crippen molar-refractivity contribution in [3.05, 3.63) is 23.0 Å². The van der Waals surface area contributed by atoms with Gasteiger partial charge in [-0.3, -0.25) is 4.98 Å². The quantitative estimate of drug-likeness (QED) is 0.796. The number of thiocarbonyl (C=S) groups is 1. The lowest BCUT2D eigenvalue weighted by molar-refractivity contribution is 0.316. The molecule has 0 spiro atoms. The topological polar surface area (TPSA) is 48.1 Å². The highest BCUT2D eigenvalue weighted by Crippen LogP contribution is 2.22. The largest absolute Gasteiger partial charge is 0.493 e. The van der Waals surface area contributed by atoms with Crippen LogP contribution in [0.2, 0.25) is 0 Å². The second-order valence-corrected chi connectivity index (χ2v) is 3.87. The maximum Gasteiger partial charge on any atom is 0.133 e. The minimum absolute atomic E-state index is 0.339. The van der Waals surface area contributed by atoms with Crippen LogP contribution >= 0.6 is 12.2 Å². The number of hydrogen-bond acceptors (Lipinski definition) is 3. The fourth-order valence-corrected chi connectivity index (χ4v) is 1.67. The van der Waals surface area contributed by atoms with Crippen molar-refractivity contribution in [1.29, 1.82) is 0 Å². The highest BCUT2D eigenvalue weighted by molar-refractivity contribution is 7.80. The van der Waals surface area contributed by atoms with Crippen LogP contribution in [0, 0.1) is 13.8 Å². The van der Waals surface area contributed by atoms with Crippen LogP contribution in [-0.4, -0.2) is 16.6 Å². The molecule has 3 nitrogen and oxygen atoms in total. The Hall–Kier alpha value is -1.16. The average molecular weight is 224 g/mol. The third kappa shape index (κ3) is 2.89. The van der Waals surface area contributed by atoms with Gasteiger partial charge < -0.3 is 10.5 Å². The van der Waals surface area contributed by atoms with Gasteiger partial charge in [0.1, 0.15) is 10.7 Å². The van der Waals surface area contributed by atoms with Gasteiger partial charge in [0.2, 0.25) is 0 Å². The van der Waals surface area contributed by atoms with E-state index in [2.05, 4.69) is 11.9 Å². The second-order valence-electron chi connectivity index (χ2n) is 3.43. The van der Waals surface area contributed by atoms with E-state index in [0.717, 1.165) is 29.1 Å². The van der Waals surface area contributed by atoms with Crippen molar-refractivity contribution in [1.82, 2.24) is 4.98 Å². The van der Waals surface area contributed by atoms with Crippen LogP contribution in [0.4, 0.5) is 0 Å². The fourth-order valence-electron chi connectivity index (χ4n) is 1.42. The Labute approximate surface area is 95.7 Å². The number of pyridine rings is 1. The van der Waals surface area contributed by atoms with E-state index in [-0.39, 0.29) is 0 Å². The maximum absolute atomic E-state index is 5.65. The van der Waals surface area contributed by atoms with Crippen molar-refractivity contribution in [2.45, 2.75) is 27.2 Å². The zero-order chi connectivity index (χ0) is 11.4. The maximum atomic E-state index is 5.65. The number of aryl methyl sites for hydroxylation is 2. The van der Waals surface area contributed by atoms with Gasteiger partial charge in [0.15, 0.2) is 0 Å². The predicted molar refractivity (Wildman–Crippen MR) is 65.4 cm³/mol. The molecule has 0 fully saturated rings. The Morgan fingerprint density at radius 1 is 1.53 bits per heavy atom. The molecule has 82 valence electrons. The lowest BCUT2D eigenvalue weighted by Gasteiger charge is -2.12. The van der Waals surface area contributed by atoms with Crippen molar-refractivity contribution in [2.75, 3.05) is 6.61 Å². The molecule has 0 aliphatic heterocycles. The van der Waals surface area contributed by atoms with Crippen molar-refractivity contribution in [2.24, 2.45) is 5.73 Å². The Balaban J connectivity index is 3.14. The summed E-state index contributed by atoms with van der Waals surface area (Å²) in [5.41, 5.74) is 8.15. The zero-order valence-electron chi connectivity index (χ0n) is 9.33. The molecule has 0 radical (unpaired) electrons. The van der Waals surface area contributed by atoms with Crippen LogP contribution in [0.25, 0.3) is 0 Å². The second kappa shape index (κ2) is 5.07. The summed E-state index contributed by atoms with van der Waals surface area (Å²) in [7, 11) is 0. The summed E-state index contributed by atoms with van der Waals surface area (Å²) in [6.07, 6.45) is 0.956. The van der Waals surface area contributed by atoms with Crippen molar-refractivity contribution in [3.63, 3.8) is 0 Å². The first kappa shape index (κ1) is 11.9. The molecule has 15 heavy (non-hydrogen) atoms. The van der Waals surface area contributed by atoms with Gasteiger partial charge in [-0.25, -0.2) is 0 Å². The molecule has 0 unspecified atom stereocenters. The summed E-state index contributed by atoms with van der Waals surface area (Å²) in [6, 6.07) is 1.87. The van der Waals surface area contributed by atoms with Gasteiger partial charge in [-0.05, 0) is 20.3 Å². The lowest BCUT2D eigenvalue weighted by atomic mass is 10.1. The normalized spacial score (nSPS) is 10.1. The van der Waals surface area contributed by atoms with E-state index in [4.69, 9.17) is 22.7 Å². The predicted octanol–water partition coefficient (Wildman–Crippen LogP) is 2.12. The fraction of sp³-hybridized carbons (Fsp3) is 0.455. The first-order chi connectivity index (χ1) is 7.06. The van der Waals surface area contributed by atoms with Gasteiger partial charge in [0, 0.05) is 11.8 Å². The van der Waals surface area contributed by atoms with E-state index < -0.39 is 0 Å². The molecule has 1 heterocycles. The van der Waals surface area contributed by atoms with Crippen LogP contribution in [-0.2, 0) is 0 Å². The average Bonchev–Trinajstić information content (AvgIpc) is 2.12. The van der Waals surface area contributed by atoms with E-state index in [1.165, 1.54) is 0 Å². The van der Waals surface area contributed by atoms with E-state index in [0.29, 0.717) is 11.6 Å². The molecule has 1 aromatic rings. The van der Waals surface area contributed by atoms with Crippen LogP contribution in [0.3, 0.4) is 0 Å². The van der Waals surface area contributed by atoms with Gasteiger partial charge >= 0.3 is 0 Å². The van der Waals surface area contributed by atoms with Gasteiger partial charge in [-0.15, -0.1) is 0 Å². The third-order valence-electron chi connectivity index (χ3n) is 2.00. The Morgan fingerprint density at radius 3 is 2.73 bits per heavy atom. The van der Waals surface area contributed by atoms with E-state index in [1.54, 1.807) is 0 Å². The number of aromatic nitrogens is 1. The number of rotatable bonds is 4. The van der Waals surface area contributed by atoms with Gasteiger partial charge in [0.05, 0.1) is 17.9 Å². The number of nitrogens with zero attached hydrogens (tertiary/aromatic N) is 1. The number of hydrogen-bond donors (Lipinski definition) is 1. The van der Waals surface area contributed by atoms with Crippen LogP contribution in [0.1, 0.15) is 30.3 Å². The van der Waals surface area contributed by atoms with Gasteiger partial charge in [-0.2, -0.15) is 0 Å². The Morgan fingerprint density at radius 2 is 2.20 bits per heavy atom. The Kier molecular flexibility index (Phi) is 4.03. The summed E-state index contributed by atoms with van der Waals surface area (Å²) < 4.78 is 5.60. The van der Waals surface area contributed by atoms with Crippen molar-refractivity contribution < 1.29 is 4.74 Å². The minimum atomic E-state index is 0.339. The molecule has 1 aromatic heterocycles. The molecule has 0 atom stereocenters. The molecule has 2 N–H and O–H groups in total. The van der Waals surface area contributed by atoms with Crippen molar-refractivity contribution in [3.8, 4) is 5.75 Å². The monoisotopic (exact) mass is 224 g/mol. The summed E-state index contributed by atoms with van der Waals surface area (Å²) in [6.45, 7) is 6.54. The van der Waals surface area contributed by atoms with Crippen LogP contribution in [0.15, 0.2) is 6.07 Å². The summed E-state index contributed by atoms with van der Waals surface area (Å²) in [4.78, 5) is 4.66. The van der Waals surface area contributed by atoms with E-state index >= 15 is 0 Å². The number of nitrogens with two attached hydrogens (primary N) is 1. The van der Waals surface area contributed by atoms with Crippen LogP contribution < -0.4 is 10.5 Å². The number of ether oxygens (including phenoxy) is 1. The summed E-state index contributed by atoms with van der Waals surface area (Å²) >= 11 is 4.99. The molecular weight excluding hydrogens is 208 g/mol. The highest BCUT2D eigenvalue weighted by atomic mass is 32.1. The van der Waals surface area contributed by atoms with Crippen molar-refractivity contribution >= 4 is 17.2 Å². The summed E-state index contributed by atoms with van der Waals surface area (Å²) in [5, 5.41) is 0.